The smallest absolute Gasteiger partial charge is 0.221 e. The van der Waals surface area contributed by atoms with E-state index >= 15 is 0 Å². The number of nitrogens with one attached hydrogen (secondary N) is 1. The van der Waals surface area contributed by atoms with E-state index in [-0.39, 0.29) is 18.0 Å². The van der Waals surface area contributed by atoms with Crippen molar-refractivity contribution in [1.82, 2.24) is 4.90 Å². The zero-order valence-electron chi connectivity index (χ0n) is 8.36. The van der Waals surface area contributed by atoms with E-state index in [1.165, 1.54) is 0 Å². The first-order valence-electron chi connectivity index (χ1n) is 4.68. The number of rotatable bonds is 1. The highest BCUT2D eigenvalue weighted by molar-refractivity contribution is 5.91. The van der Waals surface area contributed by atoms with E-state index < -0.39 is 0 Å². The second kappa shape index (κ2) is 4.80. The molecule has 14 heavy (non-hydrogen) atoms. The van der Waals surface area contributed by atoms with E-state index in [2.05, 4.69) is 11.9 Å². The standard InChI is InChI=1S/C8H17N5O/c1-2-6-5-13(3-4-14-6)8(11)12-7(9)10/h6H,2-5H2,1H3,(H5,9,10,11,12). The molecule has 0 bridgehead atoms. The van der Waals surface area contributed by atoms with Crippen molar-refractivity contribution in [2.45, 2.75) is 19.4 Å². The lowest BCUT2D eigenvalue weighted by molar-refractivity contribution is -0.00757. The maximum Gasteiger partial charge on any atom is 0.221 e. The van der Waals surface area contributed by atoms with E-state index in [0.717, 1.165) is 6.42 Å². The number of aliphatic imine (C=N–C) groups is 1. The fourth-order valence-corrected chi connectivity index (χ4v) is 1.35. The number of nitrogens with zero attached hydrogens (tertiary/aromatic N) is 2. The number of morpholine rings is 1. The third-order valence-corrected chi connectivity index (χ3v) is 2.13. The molecule has 0 aromatic rings. The second-order valence-electron chi connectivity index (χ2n) is 3.21. The lowest BCUT2D eigenvalue weighted by atomic mass is 10.2. The minimum Gasteiger partial charge on any atom is -0.375 e. The van der Waals surface area contributed by atoms with Crippen LogP contribution in [0.5, 0.6) is 0 Å². The lowest BCUT2D eigenvalue weighted by Gasteiger charge is -2.32. The second-order valence-corrected chi connectivity index (χ2v) is 3.21. The topological polar surface area (TPSA) is 101 Å². The molecule has 1 fully saturated rings. The third kappa shape index (κ3) is 2.88. The van der Waals surface area contributed by atoms with Crippen LogP contribution in [0.3, 0.4) is 0 Å². The Labute approximate surface area is 83.4 Å². The Hall–Kier alpha value is -1.30. The highest BCUT2D eigenvalue weighted by Crippen LogP contribution is 2.08. The highest BCUT2D eigenvalue weighted by Gasteiger charge is 2.20. The van der Waals surface area contributed by atoms with Gasteiger partial charge in [0.1, 0.15) is 0 Å². The van der Waals surface area contributed by atoms with Gasteiger partial charge in [0, 0.05) is 13.1 Å². The Morgan fingerprint density at radius 1 is 1.64 bits per heavy atom. The molecule has 0 radical (unpaired) electrons. The molecule has 6 heteroatoms. The average molecular weight is 199 g/mol. The summed E-state index contributed by atoms with van der Waals surface area (Å²) >= 11 is 0. The van der Waals surface area contributed by atoms with Crippen molar-refractivity contribution < 1.29 is 4.74 Å². The SMILES string of the molecule is CCC1CN(C(=N)N=C(N)N)CCO1. The van der Waals surface area contributed by atoms with Crippen LogP contribution in [0.1, 0.15) is 13.3 Å². The molecule has 1 unspecified atom stereocenters. The van der Waals surface area contributed by atoms with E-state index in [1.807, 2.05) is 4.90 Å². The number of hydrogen-bond donors (Lipinski definition) is 3. The van der Waals surface area contributed by atoms with Crippen molar-refractivity contribution in [3.63, 3.8) is 0 Å². The Morgan fingerprint density at radius 3 is 2.93 bits per heavy atom. The first kappa shape index (κ1) is 10.8. The predicted molar refractivity (Wildman–Crippen MR) is 55.1 cm³/mol. The Bertz CT molecular complexity index is 236. The summed E-state index contributed by atoms with van der Waals surface area (Å²) < 4.78 is 5.46. The molecule has 0 spiro atoms. The quantitative estimate of drug-likeness (QED) is 0.384. The summed E-state index contributed by atoms with van der Waals surface area (Å²) in [4.78, 5) is 5.51. The third-order valence-electron chi connectivity index (χ3n) is 2.13. The molecule has 0 amide bonds. The zero-order valence-corrected chi connectivity index (χ0v) is 8.36. The summed E-state index contributed by atoms with van der Waals surface area (Å²) in [5.74, 6) is 0.0429. The van der Waals surface area contributed by atoms with Crippen molar-refractivity contribution in [1.29, 1.82) is 5.41 Å². The summed E-state index contributed by atoms with van der Waals surface area (Å²) in [6, 6.07) is 0. The van der Waals surface area contributed by atoms with Crippen LogP contribution >= 0.6 is 0 Å². The van der Waals surface area contributed by atoms with Gasteiger partial charge in [-0.25, -0.2) is 0 Å². The maximum absolute atomic E-state index is 7.60. The molecule has 0 aromatic heterocycles. The molecule has 5 N–H and O–H groups in total. The van der Waals surface area contributed by atoms with Crippen molar-refractivity contribution in [3.05, 3.63) is 0 Å². The van der Waals surface area contributed by atoms with Crippen LogP contribution in [0.25, 0.3) is 0 Å². The highest BCUT2D eigenvalue weighted by atomic mass is 16.5. The molecule has 1 aliphatic heterocycles. The first-order valence-corrected chi connectivity index (χ1v) is 4.68. The average Bonchev–Trinajstić information content (AvgIpc) is 2.17. The number of hydrogen-bond acceptors (Lipinski definition) is 2. The van der Waals surface area contributed by atoms with Crippen molar-refractivity contribution in [3.8, 4) is 0 Å². The van der Waals surface area contributed by atoms with Crippen LogP contribution in [0.4, 0.5) is 0 Å². The van der Waals surface area contributed by atoms with Gasteiger partial charge in [0.05, 0.1) is 12.7 Å². The van der Waals surface area contributed by atoms with Crippen LogP contribution in [0.15, 0.2) is 4.99 Å². The van der Waals surface area contributed by atoms with Gasteiger partial charge in [0.15, 0.2) is 5.96 Å². The van der Waals surface area contributed by atoms with Gasteiger partial charge in [-0.15, -0.1) is 0 Å². The Kier molecular flexibility index (Phi) is 3.70. The molecule has 1 heterocycles. The molecule has 1 saturated heterocycles. The maximum atomic E-state index is 7.60. The molecule has 1 rings (SSSR count). The molecular formula is C8H17N5O. The predicted octanol–water partition coefficient (Wildman–Crippen LogP) is -0.695. The summed E-state index contributed by atoms with van der Waals surface area (Å²) in [5.41, 5.74) is 10.4. The summed E-state index contributed by atoms with van der Waals surface area (Å²) in [5, 5.41) is 7.60. The van der Waals surface area contributed by atoms with Gasteiger partial charge < -0.3 is 21.1 Å². The van der Waals surface area contributed by atoms with Crippen molar-refractivity contribution in [2.75, 3.05) is 19.7 Å². The van der Waals surface area contributed by atoms with Gasteiger partial charge in [-0.3, -0.25) is 5.41 Å². The molecule has 0 saturated carbocycles. The van der Waals surface area contributed by atoms with Crippen molar-refractivity contribution >= 4 is 11.9 Å². The largest absolute Gasteiger partial charge is 0.375 e. The van der Waals surface area contributed by atoms with Gasteiger partial charge in [0.25, 0.3) is 0 Å². The van der Waals surface area contributed by atoms with Crippen LogP contribution < -0.4 is 11.5 Å². The van der Waals surface area contributed by atoms with E-state index in [0.29, 0.717) is 19.7 Å². The molecular weight excluding hydrogens is 182 g/mol. The van der Waals surface area contributed by atoms with Gasteiger partial charge >= 0.3 is 0 Å². The van der Waals surface area contributed by atoms with E-state index in [4.69, 9.17) is 21.6 Å². The van der Waals surface area contributed by atoms with Crippen LogP contribution in [0, 0.1) is 5.41 Å². The Balaban J connectivity index is 2.51. The molecule has 6 nitrogen and oxygen atoms in total. The normalized spacial score (nSPS) is 21.8. The lowest BCUT2D eigenvalue weighted by Crippen LogP contribution is -2.45. The van der Waals surface area contributed by atoms with Crippen LogP contribution in [-0.4, -0.2) is 42.6 Å². The minimum absolute atomic E-state index is 0.0745. The molecule has 80 valence electrons. The molecule has 1 aliphatic rings. The fraction of sp³-hybridized carbons (Fsp3) is 0.750. The van der Waals surface area contributed by atoms with Crippen LogP contribution in [0.2, 0.25) is 0 Å². The van der Waals surface area contributed by atoms with Crippen molar-refractivity contribution in [2.24, 2.45) is 16.5 Å². The van der Waals surface area contributed by atoms with E-state index in [9.17, 15) is 0 Å². The summed E-state index contributed by atoms with van der Waals surface area (Å²) in [6.07, 6.45) is 1.12. The van der Waals surface area contributed by atoms with Gasteiger partial charge in [0.2, 0.25) is 5.96 Å². The van der Waals surface area contributed by atoms with Crippen LogP contribution in [-0.2, 0) is 4.74 Å². The summed E-state index contributed by atoms with van der Waals surface area (Å²) in [7, 11) is 0. The molecule has 1 atom stereocenters. The number of ether oxygens (including phenoxy) is 1. The Morgan fingerprint density at radius 2 is 2.36 bits per heavy atom. The zero-order chi connectivity index (χ0) is 10.6. The fourth-order valence-electron chi connectivity index (χ4n) is 1.35. The van der Waals surface area contributed by atoms with Gasteiger partial charge in [-0.05, 0) is 6.42 Å². The van der Waals surface area contributed by atoms with E-state index in [1.54, 1.807) is 0 Å². The van der Waals surface area contributed by atoms with Gasteiger partial charge in [-0.1, -0.05) is 6.92 Å². The monoisotopic (exact) mass is 199 g/mol. The minimum atomic E-state index is -0.0745. The van der Waals surface area contributed by atoms with Gasteiger partial charge in [-0.2, -0.15) is 4.99 Å². The first-order chi connectivity index (χ1) is 6.63. The number of guanidine groups is 2. The summed E-state index contributed by atoms with van der Waals surface area (Å²) in [6.45, 7) is 4.04. The molecule has 0 aliphatic carbocycles. The number of nitrogens with two attached hydrogens (primary N) is 2. The molecule has 0 aromatic carbocycles.